The van der Waals surface area contributed by atoms with E-state index in [0.717, 1.165) is 0 Å². The number of hydrogen-bond acceptors (Lipinski definition) is 7. The Morgan fingerprint density at radius 3 is 2.96 bits per heavy atom. The predicted molar refractivity (Wildman–Crippen MR) is 85.7 cm³/mol. The van der Waals surface area contributed by atoms with Crippen LogP contribution in [0.2, 0.25) is 0 Å². The number of hydrogen-bond donors (Lipinski definition) is 2. The number of aliphatic hydroxyl groups is 1. The number of rotatable bonds is 6. The van der Waals surface area contributed by atoms with E-state index in [1.54, 1.807) is 6.92 Å². The van der Waals surface area contributed by atoms with E-state index >= 15 is 0 Å². The molecule has 0 spiro atoms. The summed E-state index contributed by atoms with van der Waals surface area (Å²) in [5.74, 6) is -0.172. The van der Waals surface area contributed by atoms with Gasteiger partial charge in [-0.05, 0) is 17.5 Å². The van der Waals surface area contributed by atoms with Gasteiger partial charge in [0.2, 0.25) is 0 Å². The van der Waals surface area contributed by atoms with Crippen molar-refractivity contribution >= 4 is 5.82 Å². The van der Waals surface area contributed by atoms with Crippen LogP contribution in [-0.4, -0.2) is 39.7 Å². The number of nitrogen functional groups attached to an aromatic ring is 1. The minimum Gasteiger partial charge on any atom is -0.389 e. The first-order chi connectivity index (χ1) is 11.3. The molecule has 1 aliphatic heterocycles. The van der Waals surface area contributed by atoms with Crippen molar-refractivity contribution in [2.75, 3.05) is 18.9 Å². The maximum atomic E-state index is 12.0. The maximum absolute atomic E-state index is 12.0. The molecule has 0 amide bonds. The average molecular weight is 338 g/mol. The molecule has 0 aliphatic carbocycles. The van der Waals surface area contributed by atoms with E-state index in [2.05, 4.69) is 15.0 Å². The van der Waals surface area contributed by atoms with E-state index in [1.165, 1.54) is 16.8 Å². The van der Waals surface area contributed by atoms with Crippen molar-refractivity contribution < 1.29 is 14.6 Å². The summed E-state index contributed by atoms with van der Waals surface area (Å²) in [4.78, 5) is 18.4. The fraction of sp³-hybridized carbons (Fsp3) is 0.714. The van der Waals surface area contributed by atoms with Gasteiger partial charge in [0.25, 0.3) is 0 Å². The van der Waals surface area contributed by atoms with Gasteiger partial charge in [0, 0.05) is 23.6 Å². The van der Waals surface area contributed by atoms with Gasteiger partial charge < -0.3 is 20.3 Å². The molecule has 10 heteroatoms. The zero-order valence-corrected chi connectivity index (χ0v) is 13.9. The molecule has 1 fully saturated rings. The number of anilines is 1. The van der Waals surface area contributed by atoms with Crippen LogP contribution >= 0.6 is 0 Å². The summed E-state index contributed by atoms with van der Waals surface area (Å²) in [6.45, 7) is 5.93. The number of nitrogens with two attached hydrogens (primary N) is 1. The number of nitrogens with zero attached hydrogens (tertiary/aromatic N) is 5. The summed E-state index contributed by atoms with van der Waals surface area (Å²) in [5.41, 5.74) is 12.1. The van der Waals surface area contributed by atoms with Crippen LogP contribution in [0.5, 0.6) is 0 Å². The quantitative estimate of drug-likeness (QED) is 0.449. The van der Waals surface area contributed by atoms with Gasteiger partial charge in [-0.1, -0.05) is 25.9 Å². The highest BCUT2D eigenvalue weighted by Crippen LogP contribution is 2.42. The highest BCUT2D eigenvalue weighted by atomic mass is 16.6. The lowest BCUT2D eigenvalue weighted by molar-refractivity contribution is -0.139. The number of azide groups is 1. The van der Waals surface area contributed by atoms with Crippen molar-refractivity contribution in [3.8, 4) is 0 Å². The predicted octanol–water partition coefficient (Wildman–Crippen LogP) is 1.03. The second kappa shape index (κ2) is 7.18. The molecule has 2 heterocycles. The van der Waals surface area contributed by atoms with Gasteiger partial charge in [0.1, 0.15) is 12.0 Å². The van der Waals surface area contributed by atoms with Crippen LogP contribution in [0, 0.1) is 11.8 Å². The topological polar surface area (TPSA) is 148 Å². The van der Waals surface area contributed by atoms with Crippen molar-refractivity contribution in [1.29, 1.82) is 0 Å². The normalized spacial score (nSPS) is 29.6. The van der Waals surface area contributed by atoms with E-state index in [9.17, 15) is 9.90 Å². The lowest BCUT2D eigenvalue weighted by atomic mass is 9.98. The van der Waals surface area contributed by atoms with Crippen molar-refractivity contribution in [3.05, 3.63) is 33.2 Å². The zero-order valence-electron chi connectivity index (χ0n) is 13.9. The Hall–Kier alpha value is -2.13. The van der Waals surface area contributed by atoms with Crippen molar-refractivity contribution in [1.82, 2.24) is 9.55 Å². The van der Waals surface area contributed by atoms with Crippen LogP contribution in [0.25, 0.3) is 10.4 Å². The summed E-state index contributed by atoms with van der Waals surface area (Å²) in [7, 11) is 0. The Bertz CT molecular complexity index is 686. The fourth-order valence-electron chi connectivity index (χ4n) is 2.63. The van der Waals surface area contributed by atoms with Crippen LogP contribution < -0.4 is 11.4 Å². The van der Waals surface area contributed by atoms with Crippen LogP contribution in [0.15, 0.2) is 22.2 Å². The smallest absolute Gasteiger partial charge is 0.351 e. The summed E-state index contributed by atoms with van der Waals surface area (Å²) in [6, 6.07) is 1.45. The van der Waals surface area contributed by atoms with Crippen molar-refractivity contribution in [2.45, 2.75) is 38.8 Å². The Kier molecular flexibility index (Phi) is 5.45. The zero-order chi connectivity index (χ0) is 17.9. The van der Waals surface area contributed by atoms with E-state index in [1.807, 2.05) is 13.8 Å². The largest absolute Gasteiger partial charge is 0.389 e. The van der Waals surface area contributed by atoms with E-state index < -0.39 is 29.7 Å². The Morgan fingerprint density at radius 2 is 2.38 bits per heavy atom. The molecule has 24 heavy (non-hydrogen) atoms. The van der Waals surface area contributed by atoms with Crippen LogP contribution in [0.4, 0.5) is 5.82 Å². The monoisotopic (exact) mass is 338 g/mol. The van der Waals surface area contributed by atoms with Gasteiger partial charge in [-0.15, -0.1) is 0 Å². The first kappa shape index (κ1) is 18.2. The molecule has 0 saturated carbocycles. The molecule has 3 N–H and O–H groups in total. The summed E-state index contributed by atoms with van der Waals surface area (Å²) in [5, 5.41) is 14.2. The average Bonchev–Trinajstić information content (AvgIpc) is 2.73. The minimum absolute atomic E-state index is 0.0871. The standard InChI is InChI=1S/C14H22N6O4/c1-8(2)6-23-7-14(18-19-16)11(21)9(3)12(24-14)20-5-4-10(15)17-13(20)22/h4-5,8-9,11-12,21H,6-7H2,1-3H3,(H2,15,17,22)/t9-,11+,12-,14?/m1/s1. The molecular weight excluding hydrogens is 316 g/mol. The first-order valence-electron chi connectivity index (χ1n) is 7.65. The maximum Gasteiger partial charge on any atom is 0.351 e. The van der Waals surface area contributed by atoms with Gasteiger partial charge in [-0.3, -0.25) is 4.57 Å². The Morgan fingerprint density at radius 1 is 1.67 bits per heavy atom. The van der Waals surface area contributed by atoms with Gasteiger partial charge in [0.05, 0.1) is 12.7 Å². The number of ether oxygens (including phenoxy) is 2. The molecule has 1 aromatic heterocycles. The molecule has 0 aromatic carbocycles. The third-order valence-corrected chi connectivity index (χ3v) is 3.83. The molecule has 132 valence electrons. The van der Waals surface area contributed by atoms with Gasteiger partial charge in [0.15, 0.2) is 5.72 Å². The Labute approximate surface area is 138 Å². The van der Waals surface area contributed by atoms with Gasteiger partial charge in [-0.2, -0.15) is 4.98 Å². The number of aliphatic hydroxyl groups excluding tert-OH is 1. The van der Waals surface area contributed by atoms with Crippen LogP contribution in [0.3, 0.4) is 0 Å². The van der Waals surface area contributed by atoms with E-state index in [0.29, 0.717) is 6.61 Å². The molecule has 2 rings (SSSR count). The second-order valence-corrected chi connectivity index (χ2v) is 6.30. The molecule has 0 bridgehead atoms. The van der Waals surface area contributed by atoms with Gasteiger partial charge >= 0.3 is 5.69 Å². The molecule has 1 aromatic rings. The van der Waals surface area contributed by atoms with Gasteiger partial charge in [-0.25, -0.2) is 4.79 Å². The van der Waals surface area contributed by atoms with Crippen molar-refractivity contribution in [3.63, 3.8) is 0 Å². The molecule has 1 saturated heterocycles. The van der Waals surface area contributed by atoms with E-state index in [-0.39, 0.29) is 18.3 Å². The summed E-state index contributed by atoms with van der Waals surface area (Å²) < 4.78 is 12.5. The molecular formula is C14H22N6O4. The molecule has 0 radical (unpaired) electrons. The Balaban J connectivity index is 2.31. The SMILES string of the molecule is CC(C)COCC1(N=[N+]=[N-])O[C@@H](n2ccc(N)nc2=O)[C@H](C)[C@@H]1O. The number of aromatic nitrogens is 2. The highest BCUT2D eigenvalue weighted by Gasteiger charge is 2.53. The van der Waals surface area contributed by atoms with E-state index in [4.69, 9.17) is 20.7 Å². The molecule has 1 aliphatic rings. The lowest BCUT2D eigenvalue weighted by Gasteiger charge is -2.27. The van der Waals surface area contributed by atoms with Crippen molar-refractivity contribution in [2.24, 2.45) is 17.0 Å². The third kappa shape index (κ3) is 3.51. The highest BCUT2D eigenvalue weighted by molar-refractivity contribution is 5.23. The minimum atomic E-state index is -1.60. The second-order valence-electron chi connectivity index (χ2n) is 6.30. The lowest BCUT2D eigenvalue weighted by Crippen LogP contribution is -2.43. The molecule has 4 atom stereocenters. The fourth-order valence-corrected chi connectivity index (χ4v) is 2.63. The molecule has 10 nitrogen and oxygen atoms in total. The summed E-state index contributed by atoms with van der Waals surface area (Å²) in [6.07, 6.45) is -0.566. The van der Waals surface area contributed by atoms with Crippen LogP contribution in [-0.2, 0) is 9.47 Å². The third-order valence-electron chi connectivity index (χ3n) is 3.83. The summed E-state index contributed by atoms with van der Waals surface area (Å²) >= 11 is 0. The first-order valence-corrected chi connectivity index (χ1v) is 7.65. The van der Waals surface area contributed by atoms with Crippen LogP contribution in [0.1, 0.15) is 27.0 Å². The molecule has 1 unspecified atom stereocenters.